The van der Waals surface area contributed by atoms with Gasteiger partial charge in [0, 0.05) is 6.42 Å². The lowest BCUT2D eigenvalue weighted by Crippen LogP contribution is -2.43. The van der Waals surface area contributed by atoms with Crippen molar-refractivity contribution in [3.05, 3.63) is 0 Å². The lowest BCUT2D eigenvalue weighted by atomic mass is 9.96. The Morgan fingerprint density at radius 3 is 1.80 bits per heavy atom. The number of ether oxygens (including phenoxy) is 2. The summed E-state index contributed by atoms with van der Waals surface area (Å²) in [6.45, 7) is 1.17. The van der Waals surface area contributed by atoms with Gasteiger partial charge >= 0.3 is 23.9 Å². The van der Waals surface area contributed by atoms with Crippen LogP contribution in [0.5, 0.6) is 0 Å². The fraction of sp³-hybridized carbons (Fsp3) is 0.800. The summed E-state index contributed by atoms with van der Waals surface area (Å²) in [5.74, 6) is -5.16. The van der Waals surface area contributed by atoms with E-state index in [0.29, 0.717) is 6.42 Å². The van der Waals surface area contributed by atoms with Gasteiger partial charge in [-0.25, -0.2) is 4.79 Å². The molecular weight excluding hydrogens is 400 g/mol. The summed E-state index contributed by atoms with van der Waals surface area (Å²) in [6, 6.07) is 0. The van der Waals surface area contributed by atoms with E-state index >= 15 is 0 Å². The second-order valence-corrected chi connectivity index (χ2v) is 7.33. The van der Waals surface area contributed by atoms with Crippen molar-refractivity contribution >= 4 is 23.9 Å². The maximum atomic E-state index is 11.6. The molecule has 0 saturated carbocycles. The van der Waals surface area contributed by atoms with E-state index in [9.17, 15) is 29.4 Å². The minimum atomic E-state index is -2.81. The van der Waals surface area contributed by atoms with Crippen LogP contribution in [0.25, 0.3) is 0 Å². The van der Waals surface area contributed by atoms with Gasteiger partial charge in [0.05, 0.1) is 12.8 Å². The van der Waals surface area contributed by atoms with Crippen molar-refractivity contribution in [3.8, 4) is 0 Å². The predicted molar refractivity (Wildman–Crippen MR) is 105 cm³/mol. The van der Waals surface area contributed by atoms with Crippen molar-refractivity contribution in [1.29, 1.82) is 0 Å². The van der Waals surface area contributed by atoms with Crippen LogP contribution < -0.4 is 0 Å². The molecule has 0 rings (SSSR count). The average Bonchev–Trinajstić information content (AvgIpc) is 2.66. The van der Waals surface area contributed by atoms with E-state index in [1.807, 2.05) is 0 Å². The molecule has 2 atom stereocenters. The van der Waals surface area contributed by atoms with Gasteiger partial charge in [-0.15, -0.1) is 0 Å². The SMILES string of the molecule is CCCCCCCCCCC(=O)OCC(O)COC(=O)CC(O)(CC(=O)O)C(=O)O. The molecule has 0 spiro atoms. The first-order valence-corrected chi connectivity index (χ1v) is 10.3. The third-order valence-corrected chi connectivity index (χ3v) is 4.39. The highest BCUT2D eigenvalue weighted by Crippen LogP contribution is 2.17. The smallest absolute Gasteiger partial charge is 0.336 e. The quantitative estimate of drug-likeness (QED) is 0.184. The summed E-state index contributed by atoms with van der Waals surface area (Å²) in [7, 11) is 0. The molecule has 0 aromatic carbocycles. The van der Waals surface area contributed by atoms with Crippen molar-refractivity contribution in [3.63, 3.8) is 0 Å². The van der Waals surface area contributed by atoms with Gasteiger partial charge in [0.1, 0.15) is 19.3 Å². The number of carboxylic acid groups (broad SMARTS) is 2. The minimum absolute atomic E-state index is 0.225. The van der Waals surface area contributed by atoms with Gasteiger partial charge in [-0.2, -0.15) is 0 Å². The van der Waals surface area contributed by atoms with Crippen LogP contribution in [-0.2, 0) is 28.7 Å². The van der Waals surface area contributed by atoms with Crippen LogP contribution in [0.3, 0.4) is 0 Å². The number of rotatable bonds is 18. The van der Waals surface area contributed by atoms with Gasteiger partial charge < -0.3 is 29.9 Å². The molecule has 0 aromatic heterocycles. The number of carboxylic acids is 2. The van der Waals surface area contributed by atoms with Crippen LogP contribution in [0.1, 0.15) is 77.6 Å². The third kappa shape index (κ3) is 13.9. The summed E-state index contributed by atoms with van der Waals surface area (Å²) in [5, 5.41) is 36.9. The molecule has 174 valence electrons. The minimum Gasteiger partial charge on any atom is -0.481 e. The first-order chi connectivity index (χ1) is 14.1. The summed E-state index contributed by atoms with van der Waals surface area (Å²) < 4.78 is 9.51. The number of carbonyl (C=O) groups excluding carboxylic acids is 2. The van der Waals surface area contributed by atoms with E-state index in [1.165, 1.54) is 25.7 Å². The third-order valence-electron chi connectivity index (χ3n) is 4.39. The number of esters is 2. The fourth-order valence-corrected chi connectivity index (χ4v) is 2.66. The van der Waals surface area contributed by atoms with Crippen LogP contribution in [0.2, 0.25) is 0 Å². The second kappa shape index (κ2) is 15.6. The summed E-state index contributed by atoms with van der Waals surface area (Å²) in [4.78, 5) is 44.8. The number of aliphatic hydroxyl groups excluding tert-OH is 1. The lowest BCUT2D eigenvalue weighted by molar-refractivity contribution is -0.173. The van der Waals surface area contributed by atoms with Crippen molar-refractivity contribution in [2.75, 3.05) is 13.2 Å². The van der Waals surface area contributed by atoms with Crippen LogP contribution in [0.15, 0.2) is 0 Å². The van der Waals surface area contributed by atoms with Crippen molar-refractivity contribution in [1.82, 2.24) is 0 Å². The molecule has 0 aromatic rings. The highest BCUT2D eigenvalue weighted by molar-refractivity contribution is 5.88. The Bertz CT molecular complexity index is 548. The molecule has 0 aliphatic rings. The zero-order valence-electron chi connectivity index (χ0n) is 17.5. The molecule has 30 heavy (non-hydrogen) atoms. The zero-order chi connectivity index (χ0) is 23.0. The van der Waals surface area contributed by atoms with Gasteiger partial charge in [0.25, 0.3) is 0 Å². The van der Waals surface area contributed by atoms with E-state index in [0.717, 1.165) is 19.3 Å². The van der Waals surface area contributed by atoms with E-state index in [4.69, 9.17) is 14.9 Å². The van der Waals surface area contributed by atoms with E-state index in [-0.39, 0.29) is 6.42 Å². The van der Waals surface area contributed by atoms with Crippen LogP contribution in [-0.4, -0.2) is 69.2 Å². The average molecular weight is 434 g/mol. The number of aliphatic carboxylic acids is 2. The number of carbonyl (C=O) groups is 4. The molecule has 0 radical (unpaired) electrons. The van der Waals surface area contributed by atoms with Crippen LogP contribution >= 0.6 is 0 Å². The molecule has 0 saturated heterocycles. The highest BCUT2D eigenvalue weighted by Gasteiger charge is 2.41. The molecule has 0 amide bonds. The molecule has 0 aliphatic carbocycles. The van der Waals surface area contributed by atoms with Gasteiger partial charge in [0.15, 0.2) is 5.60 Å². The normalized spacial score (nSPS) is 13.8. The number of hydrogen-bond donors (Lipinski definition) is 4. The molecule has 10 nitrogen and oxygen atoms in total. The Kier molecular flexibility index (Phi) is 14.5. The molecule has 0 bridgehead atoms. The van der Waals surface area contributed by atoms with Gasteiger partial charge in [-0.1, -0.05) is 51.9 Å². The first kappa shape index (κ1) is 27.8. The van der Waals surface area contributed by atoms with Gasteiger partial charge in [0.2, 0.25) is 0 Å². The summed E-state index contributed by atoms with van der Waals surface area (Å²) in [5.41, 5.74) is -2.81. The topological polar surface area (TPSA) is 168 Å². The van der Waals surface area contributed by atoms with Gasteiger partial charge in [-0.3, -0.25) is 14.4 Å². The summed E-state index contributed by atoms with van der Waals surface area (Å²) >= 11 is 0. The Labute approximate surface area is 176 Å². The maximum Gasteiger partial charge on any atom is 0.336 e. The van der Waals surface area contributed by atoms with Gasteiger partial charge in [-0.05, 0) is 6.42 Å². The Hall–Kier alpha value is -2.20. The maximum absolute atomic E-state index is 11.6. The zero-order valence-corrected chi connectivity index (χ0v) is 17.5. The first-order valence-electron chi connectivity index (χ1n) is 10.3. The molecule has 4 N–H and O–H groups in total. The van der Waals surface area contributed by atoms with Crippen molar-refractivity contribution in [2.24, 2.45) is 0 Å². The highest BCUT2D eigenvalue weighted by atomic mass is 16.6. The number of aliphatic hydroxyl groups is 2. The van der Waals surface area contributed by atoms with E-state index in [1.54, 1.807) is 0 Å². The molecule has 10 heteroatoms. The predicted octanol–water partition coefficient (Wildman–Crippen LogP) is 1.64. The largest absolute Gasteiger partial charge is 0.481 e. The standard InChI is InChI=1S/C20H34O10/c1-2-3-4-5-6-7-8-9-10-17(24)29-13-15(21)14-30-18(25)12-20(28,19(26)27)11-16(22)23/h15,21,28H,2-14H2,1H3,(H,22,23)(H,26,27). The number of hydrogen-bond acceptors (Lipinski definition) is 8. The lowest BCUT2D eigenvalue weighted by Gasteiger charge is -2.20. The van der Waals surface area contributed by atoms with Crippen LogP contribution in [0, 0.1) is 0 Å². The Morgan fingerprint density at radius 1 is 0.800 bits per heavy atom. The van der Waals surface area contributed by atoms with Crippen molar-refractivity contribution in [2.45, 2.75) is 89.3 Å². The Balaban J connectivity index is 3.96. The molecule has 0 heterocycles. The van der Waals surface area contributed by atoms with Crippen LogP contribution in [0.4, 0.5) is 0 Å². The Morgan fingerprint density at radius 2 is 1.30 bits per heavy atom. The molecule has 2 unspecified atom stereocenters. The molecule has 0 aliphatic heterocycles. The van der Waals surface area contributed by atoms with E-state index < -0.39 is 61.6 Å². The molecular formula is C20H34O10. The number of unbranched alkanes of at least 4 members (excludes halogenated alkanes) is 7. The van der Waals surface area contributed by atoms with Crippen molar-refractivity contribution < 1.29 is 49.1 Å². The summed E-state index contributed by atoms with van der Waals surface area (Å²) in [6.07, 6.45) is 5.30. The molecule has 0 fully saturated rings. The van der Waals surface area contributed by atoms with E-state index in [2.05, 4.69) is 11.7 Å². The second-order valence-electron chi connectivity index (χ2n) is 7.33. The fourth-order valence-electron chi connectivity index (χ4n) is 2.66. The monoisotopic (exact) mass is 434 g/mol.